The van der Waals surface area contributed by atoms with Gasteiger partial charge in [-0.25, -0.2) is 9.59 Å². The molecule has 0 aliphatic rings. The Kier molecular flexibility index (Phi) is 4.70. The number of ether oxygens (including phenoxy) is 2. The van der Waals surface area contributed by atoms with Gasteiger partial charge in [-0.2, -0.15) is 0 Å². The Morgan fingerprint density at radius 3 is 2.33 bits per heavy atom. The minimum atomic E-state index is -0.443. The molecule has 0 atom stereocenters. The Morgan fingerprint density at radius 2 is 1.67 bits per heavy atom. The number of methoxy groups -OCH3 is 2. The minimum Gasteiger partial charge on any atom is -0.465 e. The molecule has 108 valence electrons. The van der Waals surface area contributed by atoms with Crippen molar-refractivity contribution in [2.75, 3.05) is 14.2 Å². The van der Waals surface area contributed by atoms with Gasteiger partial charge in [0.2, 0.25) is 0 Å². The van der Waals surface area contributed by atoms with E-state index >= 15 is 0 Å². The zero-order valence-electron chi connectivity index (χ0n) is 11.4. The highest BCUT2D eigenvalue weighted by atomic mass is 79.9. The van der Waals surface area contributed by atoms with Crippen LogP contribution in [0, 0.1) is 0 Å². The summed E-state index contributed by atoms with van der Waals surface area (Å²) in [5.41, 5.74) is 2.04. The molecule has 2 rings (SSSR count). The van der Waals surface area contributed by atoms with Crippen LogP contribution in [-0.2, 0) is 9.47 Å². The Hall–Kier alpha value is -2.21. The number of pyridine rings is 1. The number of rotatable bonds is 3. The first-order valence-corrected chi connectivity index (χ1v) is 6.78. The summed E-state index contributed by atoms with van der Waals surface area (Å²) in [6.45, 7) is 0. The van der Waals surface area contributed by atoms with Gasteiger partial charge < -0.3 is 9.47 Å². The monoisotopic (exact) mass is 349 g/mol. The van der Waals surface area contributed by atoms with Crippen LogP contribution in [0.25, 0.3) is 11.3 Å². The van der Waals surface area contributed by atoms with Crippen molar-refractivity contribution < 1.29 is 19.1 Å². The summed E-state index contributed by atoms with van der Waals surface area (Å²) >= 11 is 3.34. The van der Waals surface area contributed by atoms with E-state index < -0.39 is 11.9 Å². The third kappa shape index (κ3) is 3.46. The number of carbonyl (C=O) groups is 2. The van der Waals surface area contributed by atoms with Gasteiger partial charge in [-0.05, 0) is 30.3 Å². The number of hydrogen-bond donors (Lipinski definition) is 0. The van der Waals surface area contributed by atoms with E-state index in [1.165, 1.54) is 20.4 Å². The molecule has 0 fully saturated rings. The zero-order valence-corrected chi connectivity index (χ0v) is 13.0. The van der Waals surface area contributed by atoms with Crippen molar-refractivity contribution in [2.45, 2.75) is 0 Å². The predicted octanol–water partition coefficient (Wildman–Crippen LogP) is 3.08. The third-order valence-electron chi connectivity index (χ3n) is 2.80. The van der Waals surface area contributed by atoms with Crippen LogP contribution >= 0.6 is 15.9 Å². The van der Waals surface area contributed by atoms with Crippen molar-refractivity contribution in [1.29, 1.82) is 0 Å². The van der Waals surface area contributed by atoms with Gasteiger partial charge in [0.05, 0.1) is 31.0 Å². The maximum atomic E-state index is 11.6. The lowest BCUT2D eigenvalue weighted by atomic mass is 10.1. The van der Waals surface area contributed by atoms with Crippen LogP contribution in [0.3, 0.4) is 0 Å². The topological polar surface area (TPSA) is 65.5 Å². The van der Waals surface area contributed by atoms with Gasteiger partial charge >= 0.3 is 11.9 Å². The Morgan fingerprint density at radius 1 is 1.00 bits per heavy atom. The number of hydrogen-bond acceptors (Lipinski definition) is 5. The molecular weight excluding hydrogens is 338 g/mol. The van der Waals surface area contributed by atoms with Gasteiger partial charge in [-0.15, -0.1) is 0 Å². The summed E-state index contributed by atoms with van der Waals surface area (Å²) in [5, 5.41) is 0. The second kappa shape index (κ2) is 6.49. The average Bonchev–Trinajstić information content (AvgIpc) is 2.52. The van der Waals surface area contributed by atoms with E-state index in [9.17, 15) is 9.59 Å². The fraction of sp³-hybridized carbons (Fsp3) is 0.133. The van der Waals surface area contributed by atoms with E-state index in [0.717, 1.165) is 0 Å². The predicted molar refractivity (Wildman–Crippen MR) is 80.1 cm³/mol. The molecule has 0 amide bonds. The third-order valence-corrected chi connectivity index (χ3v) is 3.25. The van der Waals surface area contributed by atoms with Crippen molar-refractivity contribution in [1.82, 2.24) is 4.98 Å². The molecule has 21 heavy (non-hydrogen) atoms. The highest BCUT2D eigenvalue weighted by Gasteiger charge is 2.12. The maximum Gasteiger partial charge on any atom is 0.337 e. The first-order valence-electron chi connectivity index (χ1n) is 5.99. The number of halogens is 1. The van der Waals surface area contributed by atoms with E-state index in [4.69, 9.17) is 4.74 Å². The van der Waals surface area contributed by atoms with Gasteiger partial charge in [0.1, 0.15) is 0 Å². The quantitative estimate of drug-likeness (QED) is 0.796. The highest BCUT2D eigenvalue weighted by Crippen LogP contribution is 2.25. The molecule has 0 N–H and O–H groups in total. The van der Waals surface area contributed by atoms with Crippen LogP contribution < -0.4 is 0 Å². The molecule has 6 heteroatoms. The van der Waals surface area contributed by atoms with E-state index in [0.29, 0.717) is 26.9 Å². The Bertz CT molecular complexity index is 700. The summed E-state index contributed by atoms with van der Waals surface area (Å²) in [4.78, 5) is 27.4. The molecule has 0 unspecified atom stereocenters. The lowest BCUT2D eigenvalue weighted by Gasteiger charge is -2.07. The molecule has 0 aliphatic carbocycles. The molecule has 0 spiro atoms. The van der Waals surface area contributed by atoms with Gasteiger partial charge in [-0.1, -0.05) is 15.9 Å². The zero-order chi connectivity index (χ0) is 15.4. The van der Waals surface area contributed by atoms with Gasteiger partial charge in [0.25, 0.3) is 0 Å². The molecule has 0 saturated carbocycles. The van der Waals surface area contributed by atoms with Crippen molar-refractivity contribution in [3.63, 3.8) is 0 Å². The van der Waals surface area contributed by atoms with Crippen molar-refractivity contribution in [2.24, 2.45) is 0 Å². The second-order valence-electron chi connectivity index (χ2n) is 4.14. The van der Waals surface area contributed by atoms with Gasteiger partial charge in [0.15, 0.2) is 0 Å². The molecule has 2 aromatic rings. The van der Waals surface area contributed by atoms with Crippen LogP contribution in [0.4, 0.5) is 0 Å². The van der Waals surface area contributed by atoms with Gasteiger partial charge in [0, 0.05) is 16.2 Å². The summed E-state index contributed by atoms with van der Waals surface area (Å²) < 4.78 is 10.1. The molecule has 0 aliphatic heterocycles. The molecular formula is C15H12BrNO4. The van der Waals surface area contributed by atoms with Crippen LogP contribution in [0.2, 0.25) is 0 Å². The highest BCUT2D eigenvalue weighted by molar-refractivity contribution is 9.10. The molecule has 1 aromatic heterocycles. The Balaban J connectivity index is 2.49. The maximum absolute atomic E-state index is 11.6. The van der Waals surface area contributed by atoms with Crippen molar-refractivity contribution in [3.8, 4) is 11.3 Å². The average molecular weight is 350 g/mol. The molecule has 1 heterocycles. The molecule has 0 saturated heterocycles. The van der Waals surface area contributed by atoms with Crippen LogP contribution in [0.5, 0.6) is 0 Å². The molecule has 5 nitrogen and oxygen atoms in total. The summed E-state index contributed by atoms with van der Waals surface area (Å²) in [6.07, 6.45) is 1.51. The lowest BCUT2D eigenvalue weighted by Crippen LogP contribution is -2.03. The van der Waals surface area contributed by atoms with E-state index in [-0.39, 0.29) is 0 Å². The summed E-state index contributed by atoms with van der Waals surface area (Å²) in [5.74, 6) is -0.886. The number of nitrogens with zero attached hydrogens (tertiary/aromatic N) is 1. The summed E-state index contributed by atoms with van der Waals surface area (Å²) in [7, 11) is 2.63. The van der Waals surface area contributed by atoms with Crippen molar-refractivity contribution in [3.05, 3.63) is 52.1 Å². The fourth-order valence-corrected chi connectivity index (χ4v) is 2.30. The smallest absolute Gasteiger partial charge is 0.337 e. The molecule has 0 radical (unpaired) electrons. The van der Waals surface area contributed by atoms with E-state index in [2.05, 4.69) is 25.7 Å². The number of esters is 2. The second-order valence-corrected chi connectivity index (χ2v) is 5.06. The molecule has 0 bridgehead atoms. The summed E-state index contributed by atoms with van der Waals surface area (Å²) in [6, 6.07) is 8.28. The number of aromatic nitrogens is 1. The van der Waals surface area contributed by atoms with Gasteiger partial charge in [-0.3, -0.25) is 4.98 Å². The van der Waals surface area contributed by atoms with Crippen LogP contribution in [-0.4, -0.2) is 31.1 Å². The SMILES string of the molecule is COC(=O)c1cc(Br)cc(-c2cc(C(=O)OC)ccn2)c1. The van der Waals surface area contributed by atoms with E-state index in [1.54, 1.807) is 30.3 Å². The number of benzene rings is 1. The van der Waals surface area contributed by atoms with Crippen LogP contribution in [0.15, 0.2) is 41.0 Å². The first-order chi connectivity index (χ1) is 10.0. The minimum absolute atomic E-state index is 0.391. The van der Waals surface area contributed by atoms with Crippen molar-refractivity contribution >= 4 is 27.9 Å². The largest absolute Gasteiger partial charge is 0.465 e. The van der Waals surface area contributed by atoms with E-state index in [1.807, 2.05) is 0 Å². The standard InChI is InChI=1S/C15H12BrNO4/c1-20-14(18)9-3-4-17-13(8-9)10-5-11(15(19)21-2)7-12(16)6-10/h3-8H,1-2H3. The Labute approximate surface area is 130 Å². The normalized spacial score (nSPS) is 10.0. The van der Waals surface area contributed by atoms with Crippen LogP contribution in [0.1, 0.15) is 20.7 Å². The molecule has 1 aromatic carbocycles. The number of carbonyl (C=O) groups excluding carboxylic acids is 2. The fourth-order valence-electron chi connectivity index (χ4n) is 1.81. The first kappa shape index (κ1) is 15.2. The lowest BCUT2D eigenvalue weighted by molar-refractivity contribution is 0.0591.